The molecule has 4 N–H and O–H groups in total. The first kappa shape index (κ1) is 47.6. The fourth-order valence-corrected chi connectivity index (χ4v) is 8.04. The first-order valence-electron chi connectivity index (χ1n) is 22.4. The molecule has 0 bridgehead atoms. The minimum Gasteiger partial charge on any atom is -0.481 e. The number of hydrazone groups is 1. The molecule has 16 heteroatoms. The van der Waals surface area contributed by atoms with Crippen molar-refractivity contribution in [2.45, 2.75) is 110 Å². The molecule has 342 valence electrons. The molecule has 0 spiro atoms. The second-order valence-electron chi connectivity index (χ2n) is 17.2. The first-order valence-corrected chi connectivity index (χ1v) is 22.4. The first-order chi connectivity index (χ1) is 31.2. The van der Waals surface area contributed by atoms with Gasteiger partial charge in [0, 0.05) is 93.9 Å². The lowest BCUT2D eigenvalue weighted by molar-refractivity contribution is -0.138. The second-order valence-corrected chi connectivity index (χ2v) is 17.2. The Morgan fingerprint density at radius 1 is 0.846 bits per heavy atom. The van der Waals surface area contributed by atoms with Crippen LogP contribution in [0.5, 0.6) is 0 Å². The smallest absolute Gasteiger partial charge is 0.322 e. The largest absolute Gasteiger partial charge is 0.481 e. The Labute approximate surface area is 378 Å². The van der Waals surface area contributed by atoms with Crippen LogP contribution in [-0.4, -0.2) is 91.1 Å². The third-order valence-electron chi connectivity index (χ3n) is 11.8. The van der Waals surface area contributed by atoms with Crippen molar-refractivity contribution in [2.24, 2.45) is 16.9 Å². The number of anilines is 1. The van der Waals surface area contributed by atoms with Crippen LogP contribution in [-0.2, 0) is 41.9 Å². The van der Waals surface area contributed by atoms with Crippen LogP contribution in [0.25, 0.3) is 10.9 Å². The van der Waals surface area contributed by atoms with Crippen molar-refractivity contribution in [2.75, 3.05) is 18.4 Å². The quantitative estimate of drug-likeness (QED) is 0.0626. The van der Waals surface area contributed by atoms with Gasteiger partial charge in [-0.25, -0.2) is 9.80 Å². The van der Waals surface area contributed by atoms with E-state index in [1.807, 2.05) is 60.7 Å². The highest BCUT2D eigenvalue weighted by Gasteiger charge is 2.33. The predicted octanol–water partition coefficient (Wildman–Crippen LogP) is 6.52. The molecule has 2 aromatic heterocycles. The number of rotatable bonds is 22. The van der Waals surface area contributed by atoms with Crippen LogP contribution in [0.3, 0.4) is 0 Å². The summed E-state index contributed by atoms with van der Waals surface area (Å²) in [6.07, 6.45) is 7.85. The number of pyridine rings is 2. The van der Waals surface area contributed by atoms with Crippen molar-refractivity contribution < 1.29 is 38.7 Å². The molecule has 16 nitrogen and oxygen atoms in total. The van der Waals surface area contributed by atoms with E-state index in [-0.39, 0.29) is 67.4 Å². The summed E-state index contributed by atoms with van der Waals surface area (Å²) in [5, 5.41) is 24.8. The van der Waals surface area contributed by atoms with Crippen LogP contribution in [0, 0.1) is 11.8 Å². The highest BCUT2D eigenvalue weighted by molar-refractivity contribution is 6.07. The Hall–Kier alpha value is -6.84. The summed E-state index contributed by atoms with van der Waals surface area (Å²) in [5.74, 6) is -3.87. The number of amides is 5. The molecule has 0 radical (unpaired) electrons. The molecule has 3 atom stereocenters. The van der Waals surface area contributed by atoms with Gasteiger partial charge < -0.3 is 26.0 Å². The Kier molecular flexibility index (Phi) is 16.6. The number of carboxylic acids is 1. The van der Waals surface area contributed by atoms with E-state index in [1.54, 1.807) is 49.3 Å². The van der Waals surface area contributed by atoms with Crippen molar-refractivity contribution in [1.29, 1.82) is 0 Å². The highest BCUT2D eigenvalue weighted by atomic mass is 16.4. The van der Waals surface area contributed by atoms with Crippen LogP contribution in [0.15, 0.2) is 84.4 Å². The molecule has 0 saturated heterocycles. The van der Waals surface area contributed by atoms with Crippen molar-refractivity contribution in [1.82, 2.24) is 30.5 Å². The number of Topliss-reactive ketones (excluding diaryl/α,β-unsaturated/α-hetero) is 2. The number of ketones is 2. The molecule has 6 rings (SSSR count). The molecular formula is C49H58N8O8. The molecule has 2 aliphatic rings. The van der Waals surface area contributed by atoms with E-state index in [9.17, 15) is 33.6 Å². The lowest BCUT2D eigenvalue weighted by Gasteiger charge is -2.30. The summed E-state index contributed by atoms with van der Waals surface area (Å²) < 4.78 is 0. The lowest BCUT2D eigenvalue weighted by atomic mass is 9.88. The van der Waals surface area contributed by atoms with Crippen LogP contribution in [0.1, 0.15) is 113 Å². The number of hydrogen-bond donors (Lipinski definition) is 4. The van der Waals surface area contributed by atoms with Crippen molar-refractivity contribution in [3.8, 4) is 0 Å². The number of aromatic nitrogens is 2. The minimum atomic E-state index is -1.09. The molecule has 0 saturated carbocycles. The zero-order chi connectivity index (χ0) is 46.5. The molecule has 65 heavy (non-hydrogen) atoms. The summed E-state index contributed by atoms with van der Waals surface area (Å²) in [7, 11) is 0. The summed E-state index contributed by atoms with van der Waals surface area (Å²) in [4.78, 5) is 98.7. The fourth-order valence-electron chi connectivity index (χ4n) is 8.04. The molecule has 1 unspecified atom stereocenters. The number of carboxylic acid groups (broad SMARTS) is 1. The number of urea groups is 1. The number of benzene rings is 2. The number of fused-ring (bicyclic) bond motifs is 2. The maximum Gasteiger partial charge on any atom is 0.322 e. The van der Waals surface area contributed by atoms with E-state index in [1.165, 1.54) is 0 Å². The molecule has 0 aliphatic carbocycles. The molecule has 0 fully saturated rings. The van der Waals surface area contributed by atoms with E-state index < -0.39 is 29.8 Å². The summed E-state index contributed by atoms with van der Waals surface area (Å²) in [6, 6.07) is 18.2. The molecule has 2 aliphatic heterocycles. The average molecular weight is 887 g/mol. The molecular weight excluding hydrogens is 829 g/mol. The lowest BCUT2D eigenvalue weighted by Crippen LogP contribution is -2.45. The van der Waals surface area contributed by atoms with Gasteiger partial charge in [0.25, 0.3) is 5.91 Å². The van der Waals surface area contributed by atoms with E-state index in [4.69, 9.17) is 10.2 Å². The molecule has 5 amide bonds. The van der Waals surface area contributed by atoms with E-state index in [2.05, 4.69) is 25.9 Å². The van der Waals surface area contributed by atoms with Gasteiger partial charge in [-0.2, -0.15) is 5.10 Å². The minimum absolute atomic E-state index is 0.0665. The van der Waals surface area contributed by atoms with Gasteiger partial charge in [-0.1, -0.05) is 63.9 Å². The maximum atomic E-state index is 14.1. The summed E-state index contributed by atoms with van der Waals surface area (Å²) in [6.45, 7) is 7.09. The van der Waals surface area contributed by atoms with E-state index >= 15 is 0 Å². The Balaban J connectivity index is 0.981. The third-order valence-corrected chi connectivity index (χ3v) is 11.8. The standard InChI is InChI=1S/C49H58N8O8/c1-31(2)46(54-44(60)18-16-39(58)17-19-45(61)62)43(59)25-32(3)47(63)52-21-6-4-5-7-24-57-48(64)40(35-11-10-33-9-8-22-51-41(33)26-35)27-42(55-57)34-12-14-38(15-13-34)53-49(65)56-29-36-20-23-50-28-37(36)30-56/h8-15,20,22-23,26,28,31-32,40,46H,4-7,16-19,21,24-25,27,29-30H2,1-3H3,(H,52,63)(H,53,65)(H,54,60)(H,61,62)/t32-,40?,46+/m1/s1. The number of carbonyl (C=O) groups is 7. The molecule has 4 heterocycles. The van der Waals surface area contributed by atoms with Gasteiger partial charge in [-0.15, -0.1) is 0 Å². The zero-order valence-electron chi connectivity index (χ0n) is 37.3. The Morgan fingerprint density at radius 3 is 2.35 bits per heavy atom. The third kappa shape index (κ3) is 13.3. The predicted molar refractivity (Wildman–Crippen MR) is 244 cm³/mol. The van der Waals surface area contributed by atoms with Gasteiger partial charge >= 0.3 is 12.0 Å². The second kappa shape index (κ2) is 22.7. The Morgan fingerprint density at radius 2 is 1.60 bits per heavy atom. The number of carbonyl (C=O) groups excluding carboxylic acids is 6. The van der Waals surface area contributed by atoms with Gasteiger partial charge in [-0.3, -0.25) is 38.7 Å². The highest BCUT2D eigenvalue weighted by Crippen LogP contribution is 2.32. The van der Waals surface area contributed by atoms with Gasteiger partial charge in [-0.05, 0) is 71.3 Å². The van der Waals surface area contributed by atoms with Crippen molar-refractivity contribution in [3.63, 3.8) is 0 Å². The Bertz CT molecular complexity index is 2390. The maximum absolute atomic E-state index is 14.1. The van der Waals surface area contributed by atoms with Gasteiger partial charge in [0.1, 0.15) is 5.78 Å². The van der Waals surface area contributed by atoms with E-state index in [0.29, 0.717) is 51.1 Å². The monoisotopic (exact) mass is 886 g/mol. The number of aliphatic carboxylic acids is 1. The van der Waals surface area contributed by atoms with Crippen LogP contribution < -0.4 is 16.0 Å². The van der Waals surface area contributed by atoms with E-state index in [0.717, 1.165) is 51.7 Å². The van der Waals surface area contributed by atoms with Gasteiger partial charge in [0.15, 0.2) is 5.78 Å². The van der Waals surface area contributed by atoms with Crippen molar-refractivity contribution in [3.05, 3.63) is 102 Å². The normalized spacial score (nSPS) is 15.5. The summed E-state index contributed by atoms with van der Waals surface area (Å²) >= 11 is 0. The number of nitrogens with zero attached hydrogens (tertiary/aromatic N) is 5. The number of unbranched alkanes of at least 4 members (excludes halogenated alkanes) is 3. The topological polar surface area (TPSA) is 220 Å². The van der Waals surface area contributed by atoms with Crippen LogP contribution >= 0.6 is 0 Å². The van der Waals surface area contributed by atoms with Crippen LogP contribution in [0.4, 0.5) is 10.5 Å². The molecule has 2 aromatic carbocycles. The summed E-state index contributed by atoms with van der Waals surface area (Å²) in [5.41, 5.74) is 6.05. The zero-order valence-corrected chi connectivity index (χ0v) is 37.3. The van der Waals surface area contributed by atoms with Gasteiger partial charge in [0.2, 0.25) is 11.8 Å². The fraction of sp³-hybridized carbons (Fsp3) is 0.429. The molecule has 4 aromatic rings. The number of hydrogen-bond acceptors (Lipinski definition) is 10. The van der Waals surface area contributed by atoms with Crippen LogP contribution in [0.2, 0.25) is 0 Å². The van der Waals surface area contributed by atoms with Gasteiger partial charge in [0.05, 0.1) is 29.6 Å². The SMILES string of the molecule is CC(C)[C@H](NC(=O)CCC(=O)CCC(=O)O)C(=O)C[C@@H](C)C(=O)NCCCCCCN1N=C(c2ccc(NC(=O)N3Cc4ccncc4C3)cc2)CC(c2ccc3cccnc3c2)C1=O. The number of nitrogens with one attached hydrogen (secondary N) is 3. The average Bonchev–Trinajstić information content (AvgIpc) is 3.74. The van der Waals surface area contributed by atoms with Crippen molar-refractivity contribution >= 4 is 63.6 Å².